The maximum Gasteiger partial charge on any atom is 0.166 e. The van der Waals surface area contributed by atoms with Crippen molar-refractivity contribution < 1.29 is 0 Å². The third-order valence-corrected chi connectivity index (χ3v) is 4.27. The van der Waals surface area contributed by atoms with Crippen LogP contribution < -0.4 is 5.32 Å². The third kappa shape index (κ3) is 2.82. The van der Waals surface area contributed by atoms with E-state index in [9.17, 15) is 0 Å². The number of aromatic amines is 1. The zero-order valence-corrected chi connectivity index (χ0v) is 11.6. The minimum atomic E-state index is 0.468. The highest BCUT2D eigenvalue weighted by Gasteiger charge is 2.13. The van der Waals surface area contributed by atoms with Gasteiger partial charge in [-0.1, -0.05) is 24.8 Å². The molecule has 2 unspecified atom stereocenters. The fourth-order valence-corrected chi connectivity index (χ4v) is 2.68. The molecule has 2 atom stereocenters. The van der Waals surface area contributed by atoms with E-state index in [2.05, 4.69) is 54.3 Å². The lowest BCUT2D eigenvalue weighted by atomic mass is 10.2. The molecule has 1 aromatic heterocycles. The Balaban J connectivity index is 2.19. The van der Waals surface area contributed by atoms with Crippen LogP contribution in [0.25, 0.3) is 11.0 Å². The molecule has 1 aromatic carbocycles. The molecule has 0 fully saturated rings. The second kappa shape index (κ2) is 5.10. The minimum absolute atomic E-state index is 0.468. The molecule has 2 aromatic rings. The highest BCUT2D eigenvalue weighted by Crippen LogP contribution is 2.25. The molecule has 3 nitrogen and oxygen atoms in total. The predicted octanol–water partition coefficient (Wildman–Crippen LogP) is 2.96. The molecule has 92 valence electrons. The van der Waals surface area contributed by atoms with Crippen molar-refractivity contribution in [2.24, 2.45) is 0 Å². The second-order valence-electron chi connectivity index (χ2n) is 4.46. The number of nitrogens with one attached hydrogen (secondary N) is 2. The Hall–Kier alpha value is -1.00. The van der Waals surface area contributed by atoms with Crippen LogP contribution >= 0.6 is 11.8 Å². The van der Waals surface area contributed by atoms with Gasteiger partial charge in [0.25, 0.3) is 0 Å². The van der Waals surface area contributed by atoms with Crippen LogP contribution in [0.15, 0.2) is 23.4 Å². The monoisotopic (exact) mass is 249 g/mol. The highest BCUT2D eigenvalue weighted by atomic mass is 32.2. The molecule has 17 heavy (non-hydrogen) atoms. The van der Waals surface area contributed by atoms with Crippen molar-refractivity contribution >= 4 is 22.8 Å². The number of H-pyrrole nitrogens is 1. The van der Waals surface area contributed by atoms with Crippen LogP contribution in [0.3, 0.4) is 0 Å². The van der Waals surface area contributed by atoms with Gasteiger partial charge < -0.3 is 10.3 Å². The summed E-state index contributed by atoms with van der Waals surface area (Å²) >= 11 is 1.78. The number of hydrogen-bond acceptors (Lipinski definition) is 3. The number of fused-ring (bicyclic) bond motifs is 1. The van der Waals surface area contributed by atoms with Crippen molar-refractivity contribution in [3.63, 3.8) is 0 Å². The van der Waals surface area contributed by atoms with Crippen molar-refractivity contribution in [3.05, 3.63) is 23.8 Å². The largest absolute Gasteiger partial charge is 0.333 e. The van der Waals surface area contributed by atoms with Crippen LogP contribution in [-0.4, -0.2) is 28.3 Å². The van der Waals surface area contributed by atoms with Gasteiger partial charge in [-0.25, -0.2) is 4.98 Å². The van der Waals surface area contributed by atoms with Gasteiger partial charge in [-0.15, -0.1) is 0 Å². The maximum atomic E-state index is 4.59. The Morgan fingerprint density at radius 2 is 2.12 bits per heavy atom. The first-order valence-electron chi connectivity index (χ1n) is 5.90. The number of aryl methyl sites for hydroxylation is 1. The highest BCUT2D eigenvalue weighted by molar-refractivity contribution is 7.99. The van der Waals surface area contributed by atoms with Crippen LogP contribution in [0.2, 0.25) is 0 Å². The fourth-order valence-electron chi connectivity index (χ4n) is 1.67. The number of thioether (sulfide) groups is 1. The van der Waals surface area contributed by atoms with E-state index in [1.165, 1.54) is 5.56 Å². The Bertz CT molecular complexity index is 506. The number of benzene rings is 1. The first kappa shape index (κ1) is 12.5. The lowest BCUT2D eigenvalue weighted by Crippen LogP contribution is -2.30. The van der Waals surface area contributed by atoms with Crippen LogP contribution in [0.1, 0.15) is 19.4 Å². The summed E-state index contributed by atoms with van der Waals surface area (Å²) < 4.78 is 0. The van der Waals surface area contributed by atoms with Gasteiger partial charge in [-0.2, -0.15) is 0 Å². The average Bonchev–Trinajstić information content (AvgIpc) is 2.69. The van der Waals surface area contributed by atoms with Gasteiger partial charge in [-0.3, -0.25) is 0 Å². The van der Waals surface area contributed by atoms with Gasteiger partial charge in [0.2, 0.25) is 0 Å². The molecule has 0 spiro atoms. The van der Waals surface area contributed by atoms with Crippen LogP contribution in [0, 0.1) is 6.92 Å². The van der Waals surface area contributed by atoms with E-state index in [1.807, 2.05) is 7.05 Å². The maximum absolute atomic E-state index is 4.59. The number of hydrogen-bond donors (Lipinski definition) is 2. The molecule has 4 heteroatoms. The van der Waals surface area contributed by atoms with Gasteiger partial charge in [0.1, 0.15) is 0 Å². The Kier molecular flexibility index (Phi) is 3.74. The van der Waals surface area contributed by atoms with Gasteiger partial charge >= 0.3 is 0 Å². The Morgan fingerprint density at radius 3 is 2.82 bits per heavy atom. The summed E-state index contributed by atoms with van der Waals surface area (Å²) in [7, 11) is 1.99. The first-order chi connectivity index (χ1) is 8.10. The summed E-state index contributed by atoms with van der Waals surface area (Å²) in [6.45, 7) is 6.49. The molecule has 0 aliphatic carbocycles. The van der Waals surface area contributed by atoms with Crippen molar-refractivity contribution in [1.29, 1.82) is 0 Å². The van der Waals surface area contributed by atoms with Gasteiger partial charge in [0.15, 0.2) is 5.16 Å². The van der Waals surface area contributed by atoms with E-state index in [0.717, 1.165) is 16.2 Å². The van der Waals surface area contributed by atoms with Gasteiger partial charge in [0.05, 0.1) is 11.0 Å². The van der Waals surface area contributed by atoms with E-state index < -0.39 is 0 Å². The fraction of sp³-hybridized carbons (Fsp3) is 0.462. The SMILES string of the molecule is CNC(C)C(C)Sc1nc2ccc(C)cc2[nH]1. The van der Waals surface area contributed by atoms with Crippen molar-refractivity contribution in [2.45, 2.75) is 37.2 Å². The van der Waals surface area contributed by atoms with Crippen molar-refractivity contribution in [1.82, 2.24) is 15.3 Å². The van der Waals surface area contributed by atoms with Crippen LogP contribution in [0.4, 0.5) is 0 Å². The number of nitrogens with zero attached hydrogens (tertiary/aromatic N) is 1. The predicted molar refractivity (Wildman–Crippen MR) is 74.7 cm³/mol. The minimum Gasteiger partial charge on any atom is -0.333 e. The molecule has 1 heterocycles. The summed E-state index contributed by atoms with van der Waals surface area (Å²) in [4.78, 5) is 7.96. The average molecular weight is 249 g/mol. The second-order valence-corrected chi connectivity index (χ2v) is 5.83. The Labute approximate surface area is 106 Å². The van der Waals surface area contributed by atoms with E-state index in [0.29, 0.717) is 11.3 Å². The quantitative estimate of drug-likeness (QED) is 0.819. The van der Waals surface area contributed by atoms with E-state index in [-0.39, 0.29) is 0 Å². The van der Waals surface area contributed by atoms with Crippen LogP contribution in [0.5, 0.6) is 0 Å². The summed E-state index contributed by atoms with van der Waals surface area (Å²) in [6.07, 6.45) is 0. The van der Waals surface area contributed by atoms with Gasteiger partial charge in [0, 0.05) is 11.3 Å². The summed E-state index contributed by atoms with van der Waals surface area (Å²) in [5.74, 6) is 0. The van der Waals surface area contributed by atoms with Crippen molar-refractivity contribution in [2.75, 3.05) is 7.05 Å². The van der Waals surface area contributed by atoms with Crippen LogP contribution in [-0.2, 0) is 0 Å². The number of rotatable bonds is 4. The van der Waals surface area contributed by atoms with E-state index in [4.69, 9.17) is 0 Å². The third-order valence-electron chi connectivity index (χ3n) is 3.07. The summed E-state index contributed by atoms with van der Waals surface area (Å²) in [6, 6.07) is 6.77. The van der Waals surface area contributed by atoms with E-state index in [1.54, 1.807) is 11.8 Å². The molecule has 0 aliphatic heterocycles. The zero-order valence-electron chi connectivity index (χ0n) is 10.7. The molecule has 0 radical (unpaired) electrons. The smallest absolute Gasteiger partial charge is 0.166 e. The topological polar surface area (TPSA) is 40.7 Å². The number of imidazole rings is 1. The molecule has 0 bridgehead atoms. The normalized spacial score (nSPS) is 15.1. The Morgan fingerprint density at radius 1 is 1.35 bits per heavy atom. The molecular weight excluding hydrogens is 230 g/mol. The molecule has 2 rings (SSSR count). The first-order valence-corrected chi connectivity index (χ1v) is 6.78. The summed E-state index contributed by atoms with van der Waals surface area (Å²) in [5, 5.41) is 4.75. The lowest BCUT2D eigenvalue weighted by Gasteiger charge is -2.16. The molecule has 0 saturated carbocycles. The van der Waals surface area contributed by atoms with Gasteiger partial charge in [-0.05, 0) is 38.6 Å². The van der Waals surface area contributed by atoms with Crippen molar-refractivity contribution in [3.8, 4) is 0 Å². The summed E-state index contributed by atoms with van der Waals surface area (Å²) in [5.41, 5.74) is 3.42. The molecular formula is C13H19N3S. The standard InChI is InChI=1S/C13H19N3S/c1-8-5-6-11-12(7-8)16-13(15-11)17-10(3)9(2)14-4/h5-7,9-10,14H,1-4H3,(H,15,16). The molecule has 0 amide bonds. The molecule has 2 N–H and O–H groups in total. The van der Waals surface area contributed by atoms with E-state index >= 15 is 0 Å². The lowest BCUT2D eigenvalue weighted by molar-refractivity contribution is 0.604. The number of aromatic nitrogens is 2. The molecule has 0 saturated heterocycles. The molecule has 0 aliphatic rings. The zero-order chi connectivity index (χ0) is 12.4.